The van der Waals surface area contributed by atoms with Crippen LogP contribution < -0.4 is 5.32 Å². The minimum atomic E-state index is 0.549. The summed E-state index contributed by atoms with van der Waals surface area (Å²) < 4.78 is 7.23. The Bertz CT molecular complexity index is 290. The lowest BCUT2D eigenvalue weighted by atomic mass is 10.0. The number of halogens is 2. The first-order valence-electron chi connectivity index (χ1n) is 5.21. The molecule has 1 heterocycles. The smallest absolute Gasteiger partial charge is 0.183 e. The van der Waals surface area contributed by atoms with Gasteiger partial charge in [0, 0.05) is 6.04 Å². The van der Waals surface area contributed by atoms with Crippen LogP contribution in [0, 0.1) is 5.92 Å². The lowest BCUT2D eigenvalue weighted by molar-refractivity contribution is 0.364. The van der Waals surface area contributed by atoms with Crippen LogP contribution in [0.25, 0.3) is 0 Å². The number of furan rings is 1. The van der Waals surface area contributed by atoms with E-state index in [9.17, 15) is 0 Å². The molecular formula is C11H17Br2NO. The zero-order valence-corrected chi connectivity index (χ0v) is 12.5. The summed E-state index contributed by atoms with van der Waals surface area (Å²) in [5.74, 6) is 1.60. The van der Waals surface area contributed by atoms with Crippen molar-refractivity contribution in [3.8, 4) is 0 Å². The fraction of sp³-hybridized carbons (Fsp3) is 0.636. The summed E-state index contributed by atoms with van der Waals surface area (Å²) in [6, 6.07) is 2.54. The van der Waals surface area contributed by atoms with Crippen LogP contribution in [0.4, 0.5) is 0 Å². The number of hydrogen-bond donors (Lipinski definition) is 1. The van der Waals surface area contributed by atoms with Crippen molar-refractivity contribution in [1.29, 1.82) is 0 Å². The third-order valence-corrected chi connectivity index (χ3v) is 4.19. The van der Waals surface area contributed by atoms with E-state index in [1.807, 2.05) is 6.07 Å². The summed E-state index contributed by atoms with van der Waals surface area (Å²) >= 11 is 6.73. The molecule has 1 atom stereocenters. The van der Waals surface area contributed by atoms with Crippen molar-refractivity contribution >= 4 is 31.9 Å². The highest BCUT2D eigenvalue weighted by Crippen LogP contribution is 2.26. The monoisotopic (exact) mass is 337 g/mol. The van der Waals surface area contributed by atoms with Crippen molar-refractivity contribution in [1.82, 2.24) is 5.32 Å². The lowest BCUT2D eigenvalue weighted by Gasteiger charge is -2.19. The van der Waals surface area contributed by atoms with Gasteiger partial charge in [0.05, 0.1) is 11.0 Å². The predicted molar refractivity (Wildman–Crippen MR) is 69.9 cm³/mol. The van der Waals surface area contributed by atoms with Gasteiger partial charge in [-0.15, -0.1) is 0 Å². The van der Waals surface area contributed by atoms with E-state index in [4.69, 9.17) is 4.42 Å². The molecule has 0 fully saturated rings. The van der Waals surface area contributed by atoms with Gasteiger partial charge in [0.15, 0.2) is 4.67 Å². The number of rotatable bonds is 5. The van der Waals surface area contributed by atoms with E-state index in [1.165, 1.54) is 0 Å². The van der Waals surface area contributed by atoms with Crippen LogP contribution in [0.3, 0.4) is 0 Å². The second-order valence-electron chi connectivity index (χ2n) is 3.97. The highest BCUT2D eigenvalue weighted by molar-refractivity contribution is 9.13. The van der Waals surface area contributed by atoms with Crippen LogP contribution in [-0.2, 0) is 6.54 Å². The van der Waals surface area contributed by atoms with Crippen LogP contribution in [0.15, 0.2) is 19.6 Å². The minimum Gasteiger partial charge on any atom is -0.452 e. The van der Waals surface area contributed by atoms with E-state index < -0.39 is 0 Å². The minimum absolute atomic E-state index is 0.549. The molecule has 1 aromatic rings. The van der Waals surface area contributed by atoms with E-state index in [-0.39, 0.29) is 0 Å². The molecule has 0 bridgehead atoms. The van der Waals surface area contributed by atoms with Crippen LogP contribution >= 0.6 is 31.9 Å². The van der Waals surface area contributed by atoms with Gasteiger partial charge in [-0.25, -0.2) is 0 Å². The largest absolute Gasteiger partial charge is 0.452 e. The fourth-order valence-corrected chi connectivity index (χ4v) is 2.22. The molecule has 15 heavy (non-hydrogen) atoms. The van der Waals surface area contributed by atoms with Crippen molar-refractivity contribution in [3.05, 3.63) is 21.0 Å². The molecule has 0 aliphatic heterocycles. The van der Waals surface area contributed by atoms with Gasteiger partial charge in [-0.05, 0) is 50.3 Å². The Hall–Kier alpha value is 0.200. The summed E-state index contributed by atoms with van der Waals surface area (Å²) in [4.78, 5) is 0. The van der Waals surface area contributed by atoms with Crippen LogP contribution in [0.5, 0.6) is 0 Å². The van der Waals surface area contributed by atoms with Gasteiger partial charge in [-0.3, -0.25) is 0 Å². The first-order valence-corrected chi connectivity index (χ1v) is 6.80. The molecule has 0 spiro atoms. The zero-order chi connectivity index (χ0) is 11.4. The van der Waals surface area contributed by atoms with E-state index >= 15 is 0 Å². The SMILES string of the molecule is CCC(NCc1cc(Br)c(Br)o1)C(C)C. The summed E-state index contributed by atoms with van der Waals surface area (Å²) in [5.41, 5.74) is 0. The van der Waals surface area contributed by atoms with Crippen molar-refractivity contribution < 1.29 is 4.42 Å². The zero-order valence-electron chi connectivity index (χ0n) is 9.31. The summed E-state index contributed by atoms with van der Waals surface area (Å²) in [6.07, 6.45) is 1.14. The predicted octanol–water partition coefficient (Wildman–Crippen LogP) is 4.33. The molecule has 1 unspecified atom stereocenters. The molecular weight excluding hydrogens is 322 g/mol. The first-order chi connectivity index (χ1) is 7.04. The molecule has 0 aromatic carbocycles. The van der Waals surface area contributed by atoms with Crippen molar-refractivity contribution in [2.45, 2.75) is 39.8 Å². The maximum absolute atomic E-state index is 5.50. The van der Waals surface area contributed by atoms with E-state index in [0.29, 0.717) is 12.0 Å². The molecule has 4 heteroatoms. The molecule has 0 aliphatic carbocycles. The highest BCUT2D eigenvalue weighted by atomic mass is 79.9. The second-order valence-corrected chi connectivity index (χ2v) is 5.55. The van der Waals surface area contributed by atoms with Crippen LogP contribution in [-0.4, -0.2) is 6.04 Å². The quantitative estimate of drug-likeness (QED) is 0.864. The Labute approximate surface area is 108 Å². The molecule has 1 rings (SSSR count). The number of hydrogen-bond acceptors (Lipinski definition) is 2. The van der Waals surface area contributed by atoms with E-state index in [1.54, 1.807) is 0 Å². The molecule has 0 amide bonds. The molecule has 0 radical (unpaired) electrons. The summed E-state index contributed by atoms with van der Waals surface area (Å²) in [7, 11) is 0. The van der Waals surface area contributed by atoms with Gasteiger partial charge in [0.1, 0.15) is 5.76 Å². The molecule has 0 aliphatic rings. The van der Waals surface area contributed by atoms with E-state index in [2.05, 4.69) is 57.9 Å². The molecule has 0 saturated heterocycles. The van der Waals surface area contributed by atoms with Gasteiger partial charge in [0.25, 0.3) is 0 Å². The Morgan fingerprint density at radius 2 is 2.07 bits per heavy atom. The second kappa shape index (κ2) is 6.06. The van der Waals surface area contributed by atoms with Gasteiger partial charge >= 0.3 is 0 Å². The fourth-order valence-electron chi connectivity index (χ4n) is 1.56. The maximum atomic E-state index is 5.50. The van der Waals surface area contributed by atoms with Gasteiger partial charge in [0.2, 0.25) is 0 Å². The van der Waals surface area contributed by atoms with Gasteiger partial charge < -0.3 is 9.73 Å². The Morgan fingerprint density at radius 1 is 1.40 bits per heavy atom. The summed E-state index contributed by atoms with van der Waals surface area (Å²) in [6.45, 7) is 7.44. The molecule has 1 aromatic heterocycles. The Kier molecular flexibility index (Phi) is 5.36. The lowest BCUT2D eigenvalue weighted by Crippen LogP contribution is -2.32. The molecule has 1 N–H and O–H groups in total. The van der Waals surface area contributed by atoms with Crippen molar-refractivity contribution in [3.63, 3.8) is 0 Å². The maximum Gasteiger partial charge on any atom is 0.183 e. The highest BCUT2D eigenvalue weighted by Gasteiger charge is 2.12. The summed E-state index contributed by atoms with van der Waals surface area (Å²) in [5, 5.41) is 3.49. The Balaban J connectivity index is 2.49. The normalized spacial score (nSPS) is 13.5. The molecule has 0 saturated carbocycles. The standard InChI is InChI=1S/C11H17Br2NO/c1-4-10(7(2)3)14-6-8-5-9(12)11(13)15-8/h5,7,10,14H,4,6H2,1-3H3. The van der Waals surface area contributed by atoms with Crippen molar-refractivity contribution in [2.75, 3.05) is 0 Å². The Morgan fingerprint density at radius 3 is 2.47 bits per heavy atom. The third-order valence-electron chi connectivity index (χ3n) is 2.48. The topological polar surface area (TPSA) is 25.2 Å². The molecule has 86 valence electrons. The first kappa shape index (κ1) is 13.3. The van der Waals surface area contributed by atoms with Crippen molar-refractivity contribution in [2.24, 2.45) is 5.92 Å². The van der Waals surface area contributed by atoms with Gasteiger partial charge in [-0.2, -0.15) is 0 Å². The van der Waals surface area contributed by atoms with Gasteiger partial charge in [-0.1, -0.05) is 20.8 Å². The number of nitrogens with one attached hydrogen (secondary N) is 1. The average Bonchev–Trinajstić information content (AvgIpc) is 2.47. The average molecular weight is 339 g/mol. The third kappa shape index (κ3) is 3.93. The van der Waals surface area contributed by atoms with Crippen LogP contribution in [0.1, 0.15) is 33.0 Å². The van der Waals surface area contributed by atoms with E-state index in [0.717, 1.165) is 27.9 Å². The van der Waals surface area contributed by atoms with Crippen LogP contribution in [0.2, 0.25) is 0 Å². The molecule has 2 nitrogen and oxygen atoms in total.